The van der Waals surface area contributed by atoms with Crippen molar-refractivity contribution in [2.24, 2.45) is 5.16 Å². The van der Waals surface area contributed by atoms with Crippen LogP contribution in [0, 0.1) is 0 Å². The first-order chi connectivity index (χ1) is 3.41. The Morgan fingerprint density at radius 2 is 2.57 bits per heavy atom. The molecule has 0 N–H and O–H groups in total. The largest absolute Gasteiger partial charge is 0.399 e. The van der Waals surface area contributed by atoms with Crippen LogP contribution in [0.5, 0.6) is 0 Å². The van der Waals surface area contributed by atoms with Gasteiger partial charge in [-0.2, -0.15) is 0 Å². The summed E-state index contributed by atoms with van der Waals surface area (Å²) in [6.45, 7) is 3.49. The Labute approximate surface area is 43.5 Å². The molecular weight excluding hydrogens is 90.1 g/mol. The smallest absolute Gasteiger partial charge is 0.106 e. The van der Waals surface area contributed by atoms with E-state index in [4.69, 9.17) is 0 Å². The summed E-state index contributed by atoms with van der Waals surface area (Å²) in [5, 5.41) is 3.47. The minimum Gasteiger partial charge on any atom is -0.399 e. The highest BCUT2D eigenvalue weighted by atomic mass is 16.6. The van der Waals surface area contributed by atoms with Crippen LogP contribution in [-0.4, -0.2) is 13.3 Å². The molecule has 0 aromatic heterocycles. The molecule has 0 saturated heterocycles. The molecule has 0 atom stereocenters. The fourth-order valence-electron chi connectivity index (χ4n) is 0.192. The van der Waals surface area contributed by atoms with E-state index < -0.39 is 0 Å². The standard InChI is InChI=1S/C5H9NO/c1-3-4-5-6-7-2/h3,5H,1,4H2,2H3/b6-5-. The summed E-state index contributed by atoms with van der Waals surface area (Å²) >= 11 is 0. The van der Waals surface area contributed by atoms with Gasteiger partial charge in [0.05, 0.1) is 0 Å². The molecule has 40 valence electrons. The van der Waals surface area contributed by atoms with Crippen LogP contribution in [0.25, 0.3) is 0 Å². The summed E-state index contributed by atoms with van der Waals surface area (Å²) in [7, 11) is 1.51. The topological polar surface area (TPSA) is 21.6 Å². The lowest BCUT2D eigenvalue weighted by molar-refractivity contribution is 0.215. The van der Waals surface area contributed by atoms with Crippen LogP contribution in [-0.2, 0) is 4.84 Å². The van der Waals surface area contributed by atoms with E-state index in [0.717, 1.165) is 6.42 Å². The molecule has 0 rings (SSSR count). The van der Waals surface area contributed by atoms with Crippen LogP contribution < -0.4 is 0 Å². The lowest BCUT2D eigenvalue weighted by Crippen LogP contribution is -1.70. The number of oxime groups is 1. The van der Waals surface area contributed by atoms with Gasteiger partial charge in [0.15, 0.2) is 0 Å². The van der Waals surface area contributed by atoms with Gasteiger partial charge in [-0.3, -0.25) is 0 Å². The van der Waals surface area contributed by atoms with E-state index in [1.807, 2.05) is 0 Å². The second-order valence-electron chi connectivity index (χ2n) is 0.995. The maximum atomic E-state index is 4.37. The zero-order valence-corrected chi connectivity index (χ0v) is 4.42. The number of allylic oxidation sites excluding steroid dienone is 1. The average molecular weight is 99.1 g/mol. The minimum atomic E-state index is 0.772. The molecule has 0 heterocycles. The van der Waals surface area contributed by atoms with Crippen LogP contribution in [0.4, 0.5) is 0 Å². The van der Waals surface area contributed by atoms with Crippen molar-refractivity contribution >= 4 is 6.21 Å². The Hall–Kier alpha value is -0.790. The highest BCUT2D eigenvalue weighted by Crippen LogP contribution is 1.72. The fraction of sp³-hybridized carbons (Fsp3) is 0.400. The molecule has 0 fully saturated rings. The Morgan fingerprint density at radius 1 is 1.86 bits per heavy atom. The van der Waals surface area contributed by atoms with Crippen LogP contribution in [0.3, 0.4) is 0 Å². The second-order valence-corrected chi connectivity index (χ2v) is 0.995. The van der Waals surface area contributed by atoms with E-state index in [-0.39, 0.29) is 0 Å². The minimum absolute atomic E-state index is 0.772. The van der Waals surface area contributed by atoms with E-state index >= 15 is 0 Å². The summed E-state index contributed by atoms with van der Waals surface area (Å²) in [5.41, 5.74) is 0. The van der Waals surface area contributed by atoms with Crippen molar-refractivity contribution in [1.29, 1.82) is 0 Å². The van der Waals surface area contributed by atoms with Gasteiger partial charge in [-0.1, -0.05) is 11.2 Å². The summed E-state index contributed by atoms with van der Waals surface area (Å²) in [4.78, 5) is 4.37. The lowest BCUT2D eigenvalue weighted by atomic mass is 10.5. The van der Waals surface area contributed by atoms with Gasteiger partial charge in [0.1, 0.15) is 7.11 Å². The van der Waals surface area contributed by atoms with Crippen molar-refractivity contribution in [3.05, 3.63) is 12.7 Å². The molecule has 0 spiro atoms. The second kappa shape index (κ2) is 5.21. The molecule has 0 unspecified atom stereocenters. The summed E-state index contributed by atoms with van der Waals surface area (Å²) in [6.07, 6.45) is 4.17. The Bertz CT molecular complexity index is 68.5. The Morgan fingerprint density at radius 3 is 3.00 bits per heavy atom. The highest BCUT2D eigenvalue weighted by Gasteiger charge is 1.63. The maximum Gasteiger partial charge on any atom is 0.106 e. The van der Waals surface area contributed by atoms with Crippen LogP contribution in [0.1, 0.15) is 6.42 Å². The van der Waals surface area contributed by atoms with Crippen molar-refractivity contribution in [3.8, 4) is 0 Å². The fourth-order valence-corrected chi connectivity index (χ4v) is 0.192. The molecule has 0 amide bonds. The molecule has 0 bridgehead atoms. The van der Waals surface area contributed by atoms with Gasteiger partial charge in [0.2, 0.25) is 0 Å². The SMILES string of the molecule is C=CC/C=N\OC. The van der Waals surface area contributed by atoms with Gasteiger partial charge in [-0.25, -0.2) is 0 Å². The quantitative estimate of drug-likeness (QED) is 0.296. The van der Waals surface area contributed by atoms with Crippen LogP contribution in [0.2, 0.25) is 0 Å². The Kier molecular flexibility index (Phi) is 4.62. The normalized spacial score (nSPS) is 9.29. The van der Waals surface area contributed by atoms with E-state index in [1.165, 1.54) is 7.11 Å². The molecule has 0 aliphatic carbocycles. The number of hydrogen-bond donors (Lipinski definition) is 0. The number of hydrogen-bond acceptors (Lipinski definition) is 2. The highest BCUT2D eigenvalue weighted by molar-refractivity contribution is 5.58. The third-order valence-electron chi connectivity index (χ3n) is 0.452. The van der Waals surface area contributed by atoms with Gasteiger partial charge in [-0.05, 0) is 0 Å². The van der Waals surface area contributed by atoms with Crippen LogP contribution in [0.15, 0.2) is 17.8 Å². The maximum absolute atomic E-state index is 4.37. The van der Waals surface area contributed by atoms with E-state index in [1.54, 1.807) is 12.3 Å². The van der Waals surface area contributed by atoms with Crippen molar-refractivity contribution in [2.75, 3.05) is 7.11 Å². The van der Waals surface area contributed by atoms with Gasteiger partial charge in [0.25, 0.3) is 0 Å². The van der Waals surface area contributed by atoms with E-state index in [0.29, 0.717) is 0 Å². The zero-order chi connectivity index (χ0) is 5.54. The van der Waals surface area contributed by atoms with E-state index in [9.17, 15) is 0 Å². The van der Waals surface area contributed by atoms with Gasteiger partial charge in [0, 0.05) is 12.6 Å². The van der Waals surface area contributed by atoms with Crippen LogP contribution >= 0.6 is 0 Å². The molecule has 0 aliphatic heterocycles. The van der Waals surface area contributed by atoms with Crippen molar-refractivity contribution < 1.29 is 4.84 Å². The molecule has 2 nitrogen and oxygen atoms in total. The first-order valence-corrected chi connectivity index (χ1v) is 2.07. The van der Waals surface area contributed by atoms with Crippen molar-refractivity contribution in [3.63, 3.8) is 0 Å². The number of nitrogens with zero attached hydrogens (tertiary/aromatic N) is 1. The van der Waals surface area contributed by atoms with Crippen molar-refractivity contribution in [2.45, 2.75) is 6.42 Å². The van der Waals surface area contributed by atoms with Crippen molar-refractivity contribution in [1.82, 2.24) is 0 Å². The molecule has 0 aliphatic rings. The summed E-state index contributed by atoms with van der Waals surface area (Å²) in [6, 6.07) is 0. The third-order valence-corrected chi connectivity index (χ3v) is 0.452. The third kappa shape index (κ3) is 5.21. The molecule has 7 heavy (non-hydrogen) atoms. The first-order valence-electron chi connectivity index (χ1n) is 2.07. The summed E-state index contributed by atoms with van der Waals surface area (Å²) in [5.74, 6) is 0. The first kappa shape index (κ1) is 6.21. The predicted molar refractivity (Wildman–Crippen MR) is 30.3 cm³/mol. The summed E-state index contributed by atoms with van der Waals surface area (Å²) < 4.78 is 0. The molecule has 0 aromatic carbocycles. The van der Waals surface area contributed by atoms with Gasteiger partial charge in [-0.15, -0.1) is 6.58 Å². The number of rotatable bonds is 3. The average Bonchev–Trinajstić information content (AvgIpc) is 1.69. The molecule has 0 aromatic rings. The van der Waals surface area contributed by atoms with Gasteiger partial charge >= 0.3 is 0 Å². The molecule has 0 saturated carbocycles. The monoisotopic (exact) mass is 99.1 g/mol. The molecule has 2 heteroatoms. The molecule has 0 radical (unpaired) electrons. The van der Waals surface area contributed by atoms with E-state index in [2.05, 4.69) is 16.6 Å². The predicted octanol–water partition coefficient (Wildman–Crippen LogP) is 1.19. The Balaban J connectivity index is 2.92. The lowest BCUT2D eigenvalue weighted by Gasteiger charge is -1.79. The zero-order valence-electron chi connectivity index (χ0n) is 4.42. The van der Waals surface area contributed by atoms with Gasteiger partial charge < -0.3 is 4.84 Å². The molecular formula is C5H9NO.